The first-order valence-corrected chi connectivity index (χ1v) is 14.6. The van der Waals surface area contributed by atoms with E-state index < -0.39 is 21.8 Å². The number of benzene rings is 1. The van der Waals surface area contributed by atoms with Gasteiger partial charge in [0.2, 0.25) is 15.9 Å². The number of carbonyl (C=O) groups is 1. The third kappa shape index (κ3) is 6.48. The van der Waals surface area contributed by atoms with Crippen molar-refractivity contribution >= 4 is 33.3 Å². The first-order valence-electron chi connectivity index (χ1n) is 12.8. The van der Waals surface area contributed by atoms with Crippen molar-refractivity contribution in [2.24, 2.45) is 0 Å². The lowest BCUT2D eigenvalue weighted by molar-refractivity contribution is -0.138. The van der Waals surface area contributed by atoms with Crippen molar-refractivity contribution in [3.05, 3.63) is 46.1 Å². The molecule has 1 unspecified atom stereocenters. The van der Waals surface area contributed by atoms with Gasteiger partial charge in [-0.05, 0) is 56.0 Å². The highest BCUT2D eigenvalue weighted by molar-refractivity contribution is 7.89. The van der Waals surface area contributed by atoms with Crippen molar-refractivity contribution in [2.45, 2.75) is 43.8 Å². The topological polar surface area (TPSA) is 92.3 Å². The van der Waals surface area contributed by atoms with Gasteiger partial charge in [0, 0.05) is 45.0 Å². The zero-order valence-corrected chi connectivity index (χ0v) is 24.1. The number of nitrogens with zero attached hydrogens (tertiary/aromatic N) is 4. The third-order valence-corrected chi connectivity index (χ3v) is 9.71. The van der Waals surface area contributed by atoms with Crippen molar-refractivity contribution in [2.75, 3.05) is 57.9 Å². The molecule has 2 aliphatic rings. The van der Waals surface area contributed by atoms with E-state index in [1.807, 2.05) is 0 Å². The number of alkyl halides is 3. The van der Waals surface area contributed by atoms with Gasteiger partial charge in [-0.25, -0.2) is 13.4 Å². The molecule has 40 heavy (non-hydrogen) atoms. The first kappa shape index (κ1) is 30.4. The number of pyridine rings is 1. The number of methoxy groups -OCH3 is 1. The molecule has 0 bridgehead atoms. The van der Waals surface area contributed by atoms with Gasteiger partial charge in [-0.1, -0.05) is 11.6 Å². The van der Waals surface area contributed by atoms with Crippen LogP contribution < -0.4 is 9.64 Å². The molecule has 3 heterocycles. The monoisotopic (exact) mass is 604 g/mol. The molecule has 1 atom stereocenters. The number of rotatable bonds is 8. The van der Waals surface area contributed by atoms with E-state index in [-0.39, 0.29) is 40.9 Å². The maximum atomic E-state index is 13.5. The molecule has 0 aliphatic carbocycles. The van der Waals surface area contributed by atoms with E-state index in [9.17, 15) is 26.4 Å². The van der Waals surface area contributed by atoms with Crippen LogP contribution in [0, 0.1) is 13.8 Å². The predicted octanol–water partition coefficient (Wildman–Crippen LogP) is 3.90. The fraction of sp³-hybridized carbons (Fsp3) is 0.538. The van der Waals surface area contributed by atoms with E-state index in [1.165, 1.54) is 11.4 Å². The highest BCUT2D eigenvalue weighted by Gasteiger charge is 2.37. The van der Waals surface area contributed by atoms with Crippen LogP contribution in [0.3, 0.4) is 0 Å². The van der Waals surface area contributed by atoms with Gasteiger partial charge in [-0.15, -0.1) is 0 Å². The second-order valence-electron chi connectivity index (χ2n) is 9.91. The average Bonchev–Trinajstić information content (AvgIpc) is 3.37. The number of amides is 1. The number of aryl methyl sites for hydroxylation is 2. The fourth-order valence-electron chi connectivity index (χ4n) is 5.20. The lowest BCUT2D eigenvalue weighted by atomic mass is 10.1. The summed E-state index contributed by atoms with van der Waals surface area (Å²) in [4.78, 5) is 20.2. The minimum atomic E-state index is -4.53. The maximum absolute atomic E-state index is 13.5. The Hall–Kier alpha value is -2.61. The van der Waals surface area contributed by atoms with E-state index in [0.29, 0.717) is 62.4 Å². The summed E-state index contributed by atoms with van der Waals surface area (Å²) in [6.07, 6.45) is -2.47. The van der Waals surface area contributed by atoms with E-state index in [0.717, 1.165) is 12.3 Å². The Labute approximate surface area is 236 Å². The Balaban J connectivity index is 1.30. The molecule has 0 spiro atoms. The van der Waals surface area contributed by atoms with Crippen LogP contribution in [0.1, 0.15) is 29.5 Å². The Morgan fingerprint density at radius 2 is 1.75 bits per heavy atom. The number of halogens is 4. The van der Waals surface area contributed by atoms with Crippen LogP contribution >= 0.6 is 11.6 Å². The van der Waals surface area contributed by atoms with Gasteiger partial charge in [-0.2, -0.15) is 17.5 Å². The smallest absolute Gasteiger partial charge is 0.417 e. The van der Waals surface area contributed by atoms with E-state index in [2.05, 4.69) is 4.98 Å². The molecule has 0 radical (unpaired) electrons. The summed E-state index contributed by atoms with van der Waals surface area (Å²) in [6, 6.07) is 3.85. The maximum Gasteiger partial charge on any atom is 0.417 e. The van der Waals surface area contributed by atoms with Crippen LogP contribution in [0.5, 0.6) is 5.75 Å². The van der Waals surface area contributed by atoms with Crippen LogP contribution in [0.4, 0.5) is 19.0 Å². The number of carbonyl (C=O) groups excluding carboxylic acids is 1. The summed E-state index contributed by atoms with van der Waals surface area (Å²) in [5.74, 6) is 0.580. The molecular formula is C26H32ClF3N4O5S. The Morgan fingerprint density at radius 1 is 1.10 bits per heavy atom. The summed E-state index contributed by atoms with van der Waals surface area (Å²) < 4.78 is 78.2. The van der Waals surface area contributed by atoms with Crippen molar-refractivity contribution in [3.8, 4) is 5.75 Å². The van der Waals surface area contributed by atoms with Crippen LogP contribution in [0.2, 0.25) is 5.02 Å². The summed E-state index contributed by atoms with van der Waals surface area (Å²) in [5, 5.41) is -0.103. The lowest BCUT2D eigenvalue weighted by Crippen LogP contribution is -2.50. The summed E-state index contributed by atoms with van der Waals surface area (Å²) in [7, 11) is -2.24. The lowest BCUT2D eigenvalue weighted by Gasteiger charge is -2.36. The molecule has 2 saturated heterocycles. The number of sulfonamides is 1. The number of aromatic nitrogens is 1. The fourth-order valence-corrected chi connectivity index (χ4v) is 7.58. The number of hydrogen-bond donors (Lipinski definition) is 0. The van der Waals surface area contributed by atoms with Crippen molar-refractivity contribution in [3.63, 3.8) is 0 Å². The number of piperazine rings is 1. The first-order chi connectivity index (χ1) is 18.8. The molecule has 9 nitrogen and oxygen atoms in total. The zero-order chi connectivity index (χ0) is 29.2. The molecule has 2 aliphatic heterocycles. The average molecular weight is 605 g/mol. The van der Waals surface area contributed by atoms with Gasteiger partial charge in [0.15, 0.2) is 0 Å². The molecule has 0 saturated carbocycles. The van der Waals surface area contributed by atoms with Gasteiger partial charge < -0.3 is 19.3 Å². The second kappa shape index (κ2) is 12.1. The van der Waals surface area contributed by atoms with Crippen LogP contribution in [-0.2, 0) is 25.7 Å². The number of ether oxygens (including phenoxy) is 2. The molecule has 2 aromatic rings. The minimum Gasteiger partial charge on any atom is -0.497 e. The van der Waals surface area contributed by atoms with Gasteiger partial charge in [-0.3, -0.25) is 4.79 Å². The Bertz CT molecular complexity index is 1330. The van der Waals surface area contributed by atoms with Gasteiger partial charge >= 0.3 is 6.18 Å². The molecular weight excluding hydrogens is 573 g/mol. The molecule has 1 amide bonds. The molecule has 220 valence electrons. The van der Waals surface area contributed by atoms with Crippen LogP contribution in [-0.4, -0.2) is 87.6 Å². The zero-order valence-electron chi connectivity index (χ0n) is 22.5. The molecule has 14 heteroatoms. The predicted molar refractivity (Wildman–Crippen MR) is 143 cm³/mol. The molecule has 0 N–H and O–H groups in total. The van der Waals surface area contributed by atoms with Crippen molar-refractivity contribution in [1.29, 1.82) is 0 Å². The molecule has 1 aromatic heterocycles. The Morgan fingerprint density at radius 3 is 2.33 bits per heavy atom. The summed E-state index contributed by atoms with van der Waals surface area (Å²) >= 11 is 6.06. The molecule has 4 rings (SSSR count). The largest absolute Gasteiger partial charge is 0.497 e. The normalized spacial score (nSPS) is 18.8. The van der Waals surface area contributed by atoms with Crippen molar-refractivity contribution in [1.82, 2.24) is 14.2 Å². The van der Waals surface area contributed by atoms with Gasteiger partial charge in [0.1, 0.15) is 18.2 Å². The molecule has 2 fully saturated rings. The van der Waals surface area contributed by atoms with E-state index >= 15 is 0 Å². The van der Waals surface area contributed by atoms with Crippen LogP contribution in [0.25, 0.3) is 0 Å². The van der Waals surface area contributed by atoms with E-state index in [4.69, 9.17) is 21.1 Å². The van der Waals surface area contributed by atoms with Gasteiger partial charge in [0.05, 0.1) is 29.2 Å². The highest BCUT2D eigenvalue weighted by atomic mass is 35.5. The highest BCUT2D eigenvalue weighted by Crippen LogP contribution is 2.34. The van der Waals surface area contributed by atoms with Gasteiger partial charge in [0.25, 0.3) is 0 Å². The number of hydrogen-bond acceptors (Lipinski definition) is 7. The van der Waals surface area contributed by atoms with E-state index in [1.54, 1.807) is 35.8 Å². The SMILES string of the molecule is COc1cc(C)c(S(=O)(=O)N2CCCC2COCC(=O)N2CCN(c3ncc(C(F)(F)F)cc3Cl)CC2)c(C)c1. The standard InChI is InChI=1S/C26H32ClF3N4O5S/c1-17-11-21(38-3)12-18(2)24(17)40(36,37)34-6-4-5-20(34)15-39-16-23(35)32-7-9-33(10-8-32)25-22(27)13-19(14-31-25)26(28,29)30/h11-14,20H,4-10,15-16H2,1-3H3. The number of anilines is 1. The summed E-state index contributed by atoms with van der Waals surface area (Å²) in [6.45, 7) is 5.07. The minimum absolute atomic E-state index is 0.0876. The molecule has 1 aromatic carbocycles. The second-order valence-corrected chi connectivity index (χ2v) is 12.1. The van der Waals surface area contributed by atoms with Crippen molar-refractivity contribution < 1.29 is 35.9 Å². The van der Waals surface area contributed by atoms with Crippen LogP contribution in [0.15, 0.2) is 29.3 Å². The summed E-state index contributed by atoms with van der Waals surface area (Å²) in [5.41, 5.74) is 0.283. The Kier molecular flexibility index (Phi) is 9.18. The third-order valence-electron chi connectivity index (χ3n) is 7.18. The quantitative estimate of drug-likeness (QED) is 0.451.